The number of aromatic nitrogens is 2. The van der Waals surface area contributed by atoms with Gasteiger partial charge >= 0.3 is 12.1 Å². The molecule has 1 aromatic heterocycles. The van der Waals surface area contributed by atoms with Crippen LogP contribution in [0.4, 0.5) is 18.4 Å². The van der Waals surface area contributed by atoms with E-state index in [2.05, 4.69) is 22.0 Å². The number of hydrazone groups is 1. The first-order chi connectivity index (χ1) is 19.0. The van der Waals surface area contributed by atoms with Crippen molar-refractivity contribution in [1.29, 1.82) is 0 Å². The number of rotatable bonds is 8. The van der Waals surface area contributed by atoms with E-state index < -0.39 is 34.2 Å². The number of allylic oxidation sites excluding steroid dienone is 3. The highest BCUT2D eigenvalue weighted by Crippen LogP contribution is 2.49. The van der Waals surface area contributed by atoms with Crippen molar-refractivity contribution in [1.82, 2.24) is 19.9 Å². The molecule has 0 radical (unpaired) electrons. The van der Waals surface area contributed by atoms with Gasteiger partial charge < -0.3 is 10.1 Å². The molecule has 216 valence electrons. The van der Waals surface area contributed by atoms with Crippen molar-refractivity contribution in [2.24, 2.45) is 5.10 Å². The Kier molecular flexibility index (Phi) is 11.9. The summed E-state index contributed by atoms with van der Waals surface area (Å²) >= 11 is 1.13. The minimum absolute atomic E-state index is 0.0642. The van der Waals surface area contributed by atoms with Gasteiger partial charge in [-0.2, -0.15) is 10.1 Å². The summed E-state index contributed by atoms with van der Waals surface area (Å²) in [5.41, 5.74) is -0.0589. The molecule has 1 aromatic carbocycles. The molecule has 0 saturated heterocycles. The maximum Gasteiger partial charge on any atom is 0.407 e. The standard InChI is InChI=1S/C27H31F2N5O3S.C2H6/c1-6-9-19(10-7-2)27(13-8-14-31-24(35)37-26(3,4)5)34(25(36)33-16-15-30-18-33)32-23(38-27)21-17-20(28)11-12-22(21)29;1-2/h6-7,9-12,15-18H,1,8,13-14H2,2-5H3,(H,31,35);1-2H3/b10-7-,19-9+;. The normalized spacial score (nSPS) is 17.2. The second kappa shape index (κ2) is 14.6. The maximum atomic E-state index is 14.8. The Balaban J connectivity index is 0.00000274. The Morgan fingerprint density at radius 3 is 2.58 bits per heavy atom. The molecule has 1 aliphatic rings. The maximum absolute atomic E-state index is 14.8. The third kappa shape index (κ3) is 8.14. The zero-order valence-electron chi connectivity index (χ0n) is 23.8. The van der Waals surface area contributed by atoms with Gasteiger partial charge in [-0.15, -0.1) is 0 Å². The summed E-state index contributed by atoms with van der Waals surface area (Å²) in [5, 5.41) is 8.61. The van der Waals surface area contributed by atoms with Crippen LogP contribution in [-0.2, 0) is 4.74 Å². The number of thioether (sulfide) groups is 1. The van der Waals surface area contributed by atoms with Crippen LogP contribution in [0, 0.1) is 11.6 Å². The number of hydrogen-bond donors (Lipinski definition) is 1. The van der Waals surface area contributed by atoms with Crippen LogP contribution in [0.2, 0.25) is 0 Å². The summed E-state index contributed by atoms with van der Waals surface area (Å²) in [4.78, 5) is 28.6. The van der Waals surface area contributed by atoms with Crippen LogP contribution in [0.1, 0.15) is 59.9 Å². The number of carbonyl (C=O) groups excluding carboxylic acids is 2. The lowest BCUT2D eigenvalue weighted by Gasteiger charge is -2.36. The predicted molar refractivity (Wildman–Crippen MR) is 156 cm³/mol. The summed E-state index contributed by atoms with van der Waals surface area (Å²) < 4.78 is 35.5. The molecular formula is C29H37F2N5O3S. The number of nitrogens with one attached hydrogen (secondary N) is 1. The number of carbonyl (C=O) groups is 2. The number of benzene rings is 1. The van der Waals surface area contributed by atoms with Crippen LogP contribution in [0.25, 0.3) is 0 Å². The van der Waals surface area contributed by atoms with E-state index in [9.17, 15) is 18.4 Å². The van der Waals surface area contributed by atoms with E-state index in [1.165, 1.54) is 28.3 Å². The second-order valence-corrected chi connectivity index (χ2v) is 10.6. The Morgan fingerprint density at radius 2 is 1.98 bits per heavy atom. The summed E-state index contributed by atoms with van der Waals surface area (Å²) in [7, 11) is 0. The molecule has 0 fully saturated rings. The smallest absolute Gasteiger partial charge is 0.407 e. The first-order valence-electron chi connectivity index (χ1n) is 13.0. The minimum atomic E-state index is -1.17. The monoisotopic (exact) mass is 573 g/mol. The van der Waals surface area contributed by atoms with Crippen molar-refractivity contribution >= 4 is 28.9 Å². The average Bonchev–Trinajstić information content (AvgIpc) is 3.57. The van der Waals surface area contributed by atoms with Gasteiger partial charge in [0.15, 0.2) is 0 Å². The Labute approximate surface area is 238 Å². The zero-order valence-corrected chi connectivity index (χ0v) is 24.6. The molecule has 2 amide bonds. The highest BCUT2D eigenvalue weighted by Gasteiger charge is 2.49. The van der Waals surface area contributed by atoms with Crippen molar-refractivity contribution in [3.05, 3.63) is 90.6 Å². The van der Waals surface area contributed by atoms with Crippen molar-refractivity contribution in [3.8, 4) is 0 Å². The second-order valence-electron chi connectivity index (χ2n) is 9.37. The molecule has 11 heteroatoms. The molecule has 1 atom stereocenters. The number of alkyl carbamates (subject to hydrolysis) is 1. The third-order valence-electron chi connectivity index (χ3n) is 5.32. The molecular weight excluding hydrogens is 536 g/mol. The van der Waals surface area contributed by atoms with Crippen LogP contribution in [0.5, 0.6) is 0 Å². The lowest BCUT2D eigenvalue weighted by molar-refractivity contribution is 0.0525. The Hall–Kier alpha value is -3.73. The fourth-order valence-electron chi connectivity index (χ4n) is 3.78. The fraction of sp³-hybridized carbons (Fsp3) is 0.379. The van der Waals surface area contributed by atoms with Gasteiger partial charge in [-0.1, -0.05) is 56.5 Å². The SMILES string of the molecule is C=C/C=C(\C=C/C)C1(CCCNC(=O)OC(C)(C)C)SC(c2cc(F)ccc2F)=NN1C(=O)n1ccnc1.CC. The lowest BCUT2D eigenvalue weighted by atomic mass is 9.99. The first kappa shape index (κ1) is 32.5. The van der Waals surface area contributed by atoms with Gasteiger partial charge in [-0.05, 0) is 64.3 Å². The van der Waals surface area contributed by atoms with Crippen molar-refractivity contribution in [2.45, 2.75) is 64.9 Å². The Bertz CT molecular complexity index is 1270. The van der Waals surface area contributed by atoms with Gasteiger partial charge in [0.25, 0.3) is 0 Å². The molecule has 2 heterocycles. The number of amides is 2. The van der Waals surface area contributed by atoms with Gasteiger partial charge in [0.05, 0.1) is 0 Å². The van der Waals surface area contributed by atoms with Gasteiger partial charge in [0.1, 0.15) is 33.5 Å². The van der Waals surface area contributed by atoms with Crippen LogP contribution in [0.3, 0.4) is 0 Å². The molecule has 1 unspecified atom stereocenters. The third-order valence-corrected chi connectivity index (χ3v) is 6.76. The summed E-state index contributed by atoms with van der Waals surface area (Å²) in [6.45, 7) is 15.2. The van der Waals surface area contributed by atoms with Crippen LogP contribution in [0.15, 0.2) is 78.5 Å². The van der Waals surface area contributed by atoms with E-state index in [-0.39, 0.29) is 17.2 Å². The van der Waals surface area contributed by atoms with E-state index in [0.29, 0.717) is 18.4 Å². The van der Waals surface area contributed by atoms with Crippen LogP contribution < -0.4 is 5.32 Å². The number of nitrogens with zero attached hydrogens (tertiary/aromatic N) is 4. The van der Waals surface area contributed by atoms with E-state index in [4.69, 9.17) is 4.74 Å². The van der Waals surface area contributed by atoms with Crippen molar-refractivity contribution < 1.29 is 23.1 Å². The topological polar surface area (TPSA) is 88.8 Å². The van der Waals surface area contributed by atoms with Crippen LogP contribution >= 0.6 is 11.8 Å². The summed E-state index contributed by atoms with van der Waals surface area (Å²) in [6.07, 6.45) is 11.3. The van der Waals surface area contributed by atoms with Crippen LogP contribution in [-0.4, -0.2) is 48.7 Å². The average molecular weight is 574 g/mol. The molecule has 8 nitrogen and oxygen atoms in total. The highest BCUT2D eigenvalue weighted by molar-refractivity contribution is 8.16. The molecule has 1 N–H and O–H groups in total. The Morgan fingerprint density at radius 1 is 1.25 bits per heavy atom. The highest BCUT2D eigenvalue weighted by atomic mass is 32.2. The lowest BCUT2D eigenvalue weighted by Crippen LogP contribution is -2.47. The van der Waals surface area contributed by atoms with Gasteiger partial charge in [-0.3, -0.25) is 4.57 Å². The summed E-state index contributed by atoms with van der Waals surface area (Å²) in [6, 6.07) is 2.55. The van der Waals surface area contributed by atoms with E-state index in [1.807, 2.05) is 26.8 Å². The van der Waals surface area contributed by atoms with Gasteiger partial charge in [0, 0.05) is 24.5 Å². The summed E-state index contributed by atoms with van der Waals surface area (Å²) in [5.74, 6) is -1.30. The van der Waals surface area contributed by atoms with Gasteiger partial charge in [0.2, 0.25) is 0 Å². The predicted octanol–water partition coefficient (Wildman–Crippen LogP) is 7.26. The van der Waals surface area contributed by atoms with E-state index in [0.717, 1.165) is 30.0 Å². The largest absolute Gasteiger partial charge is 0.444 e. The van der Waals surface area contributed by atoms with E-state index in [1.54, 1.807) is 39.0 Å². The van der Waals surface area contributed by atoms with Crippen molar-refractivity contribution in [3.63, 3.8) is 0 Å². The molecule has 40 heavy (non-hydrogen) atoms. The number of halogens is 2. The van der Waals surface area contributed by atoms with E-state index >= 15 is 0 Å². The molecule has 0 spiro atoms. The van der Waals surface area contributed by atoms with Crippen molar-refractivity contribution in [2.75, 3.05) is 6.54 Å². The number of ether oxygens (including phenoxy) is 1. The molecule has 0 bridgehead atoms. The zero-order chi connectivity index (χ0) is 29.9. The molecule has 2 aromatic rings. The van der Waals surface area contributed by atoms with Gasteiger partial charge in [-0.25, -0.2) is 23.4 Å². The molecule has 0 saturated carbocycles. The quantitative estimate of drug-likeness (QED) is 0.265. The molecule has 3 rings (SSSR count). The fourth-order valence-corrected chi connectivity index (χ4v) is 5.20. The number of hydrogen-bond acceptors (Lipinski definition) is 6. The number of imidazole rings is 1. The molecule has 0 aliphatic carbocycles. The minimum Gasteiger partial charge on any atom is -0.444 e. The molecule has 1 aliphatic heterocycles. The first-order valence-corrected chi connectivity index (χ1v) is 13.8.